The van der Waals surface area contributed by atoms with Crippen LogP contribution in [0.4, 0.5) is 0 Å². The second-order valence-corrected chi connectivity index (χ2v) is 7.64. The number of carbonyl (C=O) groups is 2. The van der Waals surface area contributed by atoms with E-state index in [9.17, 15) is 9.59 Å². The molecule has 0 saturated carbocycles. The van der Waals surface area contributed by atoms with Crippen molar-refractivity contribution in [3.05, 3.63) is 72.1 Å². The van der Waals surface area contributed by atoms with Gasteiger partial charge >= 0.3 is 0 Å². The number of fused-ring (bicyclic) bond motifs is 2. The maximum atomic E-state index is 12.9. The number of hydrogen-bond acceptors (Lipinski definition) is 2. The predicted octanol–water partition coefficient (Wildman–Crippen LogP) is 2.76. The van der Waals surface area contributed by atoms with Crippen molar-refractivity contribution in [3.8, 4) is 0 Å². The van der Waals surface area contributed by atoms with Gasteiger partial charge in [-0.1, -0.05) is 36.4 Å². The first kappa shape index (κ1) is 17.6. The number of hydrogen-bond donors (Lipinski definition) is 3. The van der Waals surface area contributed by atoms with Gasteiger partial charge in [0, 0.05) is 40.7 Å². The molecule has 0 radical (unpaired) electrons. The van der Waals surface area contributed by atoms with Crippen LogP contribution in [-0.2, 0) is 22.4 Å². The SMILES string of the molecule is O=C1CN(C(=O)Cc2c[nH]c3ccccc23)C[C@H](Cc2c[nH]c3ccccc23)N1. The fourth-order valence-electron chi connectivity index (χ4n) is 4.25. The van der Waals surface area contributed by atoms with Crippen molar-refractivity contribution in [1.29, 1.82) is 0 Å². The minimum atomic E-state index is -0.103. The summed E-state index contributed by atoms with van der Waals surface area (Å²) in [6.07, 6.45) is 4.85. The fraction of sp³-hybridized carbons (Fsp3) is 0.217. The van der Waals surface area contributed by atoms with E-state index in [0.717, 1.165) is 32.9 Å². The molecule has 1 saturated heterocycles. The molecule has 2 aromatic carbocycles. The number of aromatic nitrogens is 2. The average molecular weight is 386 g/mol. The van der Waals surface area contributed by atoms with Crippen molar-refractivity contribution >= 4 is 33.6 Å². The number of aromatic amines is 2. The van der Waals surface area contributed by atoms with Gasteiger partial charge in [-0.25, -0.2) is 0 Å². The summed E-state index contributed by atoms with van der Waals surface area (Å²) in [5, 5.41) is 5.25. The zero-order valence-electron chi connectivity index (χ0n) is 15.9. The van der Waals surface area contributed by atoms with Crippen LogP contribution in [0.25, 0.3) is 21.8 Å². The molecule has 2 amide bonds. The lowest BCUT2D eigenvalue weighted by Gasteiger charge is -2.33. The molecule has 5 rings (SSSR count). The highest BCUT2D eigenvalue weighted by molar-refractivity contribution is 5.91. The van der Waals surface area contributed by atoms with Crippen LogP contribution in [0.1, 0.15) is 11.1 Å². The second kappa shape index (κ2) is 7.13. The Balaban J connectivity index is 1.31. The van der Waals surface area contributed by atoms with E-state index in [2.05, 4.69) is 21.4 Å². The monoisotopic (exact) mass is 386 g/mol. The number of nitrogens with zero attached hydrogens (tertiary/aromatic N) is 1. The molecule has 4 aromatic rings. The van der Waals surface area contributed by atoms with Crippen LogP contribution >= 0.6 is 0 Å². The van der Waals surface area contributed by atoms with Gasteiger partial charge in [0.1, 0.15) is 0 Å². The summed E-state index contributed by atoms with van der Waals surface area (Å²) >= 11 is 0. The Hall–Kier alpha value is -3.54. The van der Waals surface area contributed by atoms with Gasteiger partial charge in [0.25, 0.3) is 0 Å². The number of para-hydroxylation sites is 2. The van der Waals surface area contributed by atoms with Crippen LogP contribution in [0.2, 0.25) is 0 Å². The predicted molar refractivity (Wildman–Crippen MR) is 113 cm³/mol. The van der Waals surface area contributed by atoms with Crippen molar-refractivity contribution in [2.75, 3.05) is 13.1 Å². The van der Waals surface area contributed by atoms with E-state index in [0.29, 0.717) is 13.0 Å². The van der Waals surface area contributed by atoms with E-state index >= 15 is 0 Å². The molecule has 2 aromatic heterocycles. The van der Waals surface area contributed by atoms with Gasteiger partial charge in [-0.3, -0.25) is 9.59 Å². The van der Waals surface area contributed by atoms with Crippen LogP contribution in [0.5, 0.6) is 0 Å². The largest absolute Gasteiger partial charge is 0.361 e. The molecule has 6 heteroatoms. The third-order valence-corrected chi connectivity index (χ3v) is 5.65. The minimum absolute atomic E-state index is 0.0199. The number of carbonyl (C=O) groups excluding carboxylic acids is 2. The van der Waals surface area contributed by atoms with Crippen molar-refractivity contribution < 1.29 is 9.59 Å². The zero-order chi connectivity index (χ0) is 19.8. The zero-order valence-corrected chi connectivity index (χ0v) is 15.9. The first-order valence-electron chi connectivity index (χ1n) is 9.84. The van der Waals surface area contributed by atoms with Gasteiger partial charge in [-0.05, 0) is 29.7 Å². The Kier molecular flexibility index (Phi) is 4.31. The standard InChI is InChI=1S/C23H22N4O2/c28-22-14-27(23(29)10-16-12-25-21-8-4-2-6-19(16)21)13-17(26-22)9-15-11-24-20-7-3-1-5-18(15)20/h1-8,11-12,17,24-25H,9-10,13-14H2,(H,26,28)/t17-/m0/s1. The van der Waals surface area contributed by atoms with Gasteiger partial charge in [-0.15, -0.1) is 0 Å². The maximum absolute atomic E-state index is 12.9. The molecule has 0 unspecified atom stereocenters. The van der Waals surface area contributed by atoms with Gasteiger partial charge in [0.05, 0.1) is 19.0 Å². The lowest BCUT2D eigenvalue weighted by atomic mass is 10.0. The molecule has 3 heterocycles. The third-order valence-electron chi connectivity index (χ3n) is 5.65. The Morgan fingerprint density at radius 2 is 1.55 bits per heavy atom. The average Bonchev–Trinajstić information content (AvgIpc) is 3.32. The topological polar surface area (TPSA) is 81.0 Å². The van der Waals surface area contributed by atoms with Gasteiger partial charge in [0.15, 0.2) is 0 Å². The van der Waals surface area contributed by atoms with E-state index in [1.807, 2.05) is 54.9 Å². The number of benzene rings is 2. The van der Waals surface area contributed by atoms with Crippen molar-refractivity contribution in [3.63, 3.8) is 0 Å². The summed E-state index contributed by atoms with van der Waals surface area (Å²) in [7, 11) is 0. The van der Waals surface area contributed by atoms with E-state index < -0.39 is 0 Å². The van der Waals surface area contributed by atoms with Crippen LogP contribution in [0, 0.1) is 0 Å². The Bertz CT molecular complexity index is 1210. The number of H-pyrrole nitrogens is 2. The van der Waals surface area contributed by atoms with Gasteiger partial charge < -0.3 is 20.2 Å². The maximum Gasteiger partial charge on any atom is 0.239 e. The van der Waals surface area contributed by atoms with Gasteiger partial charge in [0.2, 0.25) is 11.8 Å². The molecule has 1 atom stereocenters. The molecule has 0 bridgehead atoms. The van der Waals surface area contributed by atoms with Crippen molar-refractivity contribution in [2.24, 2.45) is 0 Å². The van der Waals surface area contributed by atoms with Crippen LogP contribution in [-0.4, -0.2) is 45.8 Å². The van der Waals surface area contributed by atoms with Gasteiger partial charge in [-0.2, -0.15) is 0 Å². The molecule has 146 valence electrons. The van der Waals surface area contributed by atoms with E-state index in [4.69, 9.17) is 0 Å². The number of piperazine rings is 1. The molecule has 1 fully saturated rings. The molecule has 6 nitrogen and oxygen atoms in total. The third kappa shape index (κ3) is 3.38. The molecule has 0 aliphatic carbocycles. The summed E-state index contributed by atoms with van der Waals surface area (Å²) in [6.45, 7) is 0.637. The number of rotatable bonds is 4. The molecule has 0 spiro atoms. The Morgan fingerprint density at radius 1 is 0.931 bits per heavy atom. The minimum Gasteiger partial charge on any atom is -0.361 e. The molecule has 3 N–H and O–H groups in total. The molecule has 1 aliphatic heterocycles. The molecular weight excluding hydrogens is 364 g/mol. The smallest absolute Gasteiger partial charge is 0.239 e. The summed E-state index contributed by atoms with van der Waals surface area (Å²) in [6, 6.07) is 16.0. The number of nitrogens with one attached hydrogen (secondary N) is 3. The normalized spacial score (nSPS) is 17.0. The first-order chi connectivity index (χ1) is 14.2. The Labute approximate surface area is 167 Å². The van der Waals surface area contributed by atoms with Crippen LogP contribution in [0.3, 0.4) is 0 Å². The number of amides is 2. The highest BCUT2D eigenvalue weighted by atomic mass is 16.2. The first-order valence-corrected chi connectivity index (χ1v) is 9.84. The Morgan fingerprint density at radius 3 is 2.28 bits per heavy atom. The van der Waals surface area contributed by atoms with Crippen molar-refractivity contribution in [2.45, 2.75) is 18.9 Å². The second-order valence-electron chi connectivity index (χ2n) is 7.64. The summed E-state index contributed by atoms with van der Waals surface area (Å²) in [4.78, 5) is 33.4. The summed E-state index contributed by atoms with van der Waals surface area (Å²) in [5.74, 6) is -0.123. The highest BCUT2D eigenvalue weighted by Crippen LogP contribution is 2.21. The fourth-order valence-corrected chi connectivity index (χ4v) is 4.25. The highest BCUT2D eigenvalue weighted by Gasteiger charge is 2.28. The summed E-state index contributed by atoms with van der Waals surface area (Å²) < 4.78 is 0. The molecule has 1 aliphatic rings. The van der Waals surface area contributed by atoms with Crippen molar-refractivity contribution in [1.82, 2.24) is 20.2 Å². The molecular formula is C23H22N4O2. The van der Waals surface area contributed by atoms with E-state index in [1.54, 1.807) is 4.90 Å². The van der Waals surface area contributed by atoms with E-state index in [1.165, 1.54) is 0 Å². The quantitative estimate of drug-likeness (QED) is 0.504. The van der Waals surface area contributed by atoms with E-state index in [-0.39, 0.29) is 30.8 Å². The summed E-state index contributed by atoms with van der Waals surface area (Å²) in [5.41, 5.74) is 4.21. The molecule has 29 heavy (non-hydrogen) atoms. The van der Waals surface area contributed by atoms with Crippen LogP contribution in [0.15, 0.2) is 60.9 Å². The lowest BCUT2D eigenvalue weighted by Crippen LogP contribution is -2.56. The lowest BCUT2D eigenvalue weighted by molar-refractivity contribution is -0.139. The van der Waals surface area contributed by atoms with Crippen LogP contribution < -0.4 is 5.32 Å².